The van der Waals surface area contributed by atoms with Crippen molar-refractivity contribution in [3.05, 3.63) is 89.5 Å². The molecule has 2 nitrogen and oxygen atoms in total. The SMILES string of the molecule is CCCCn1c2ccccc2c2cc(C(=O)/C=C/c3ccc(C)cc3)ccc21. The molecule has 0 bridgehead atoms. The van der Waals surface area contributed by atoms with E-state index in [9.17, 15) is 4.79 Å². The van der Waals surface area contributed by atoms with Gasteiger partial charge < -0.3 is 4.57 Å². The Bertz CT molecular complexity index is 1160. The summed E-state index contributed by atoms with van der Waals surface area (Å²) in [7, 11) is 0. The first-order valence-corrected chi connectivity index (χ1v) is 9.97. The zero-order valence-corrected chi connectivity index (χ0v) is 16.5. The minimum absolute atomic E-state index is 0.0351. The smallest absolute Gasteiger partial charge is 0.185 e. The van der Waals surface area contributed by atoms with E-state index in [0.29, 0.717) is 0 Å². The topological polar surface area (TPSA) is 22.0 Å². The maximum atomic E-state index is 12.7. The van der Waals surface area contributed by atoms with E-state index in [-0.39, 0.29) is 5.78 Å². The van der Waals surface area contributed by atoms with Gasteiger partial charge in [-0.1, -0.05) is 67.4 Å². The molecule has 140 valence electrons. The fourth-order valence-corrected chi connectivity index (χ4v) is 3.71. The number of hydrogen-bond donors (Lipinski definition) is 0. The second-order valence-electron chi connectivity index (χ2n) is 7.36. The van der Waals surface area contributed by atoms with Crippen molar-refractivity contribution in [1.82, 2.24) is 4.57 Å². The average Bonchev–Trinajstić information content (AvgIpc) is 3.04. The van der Waals surface area contributed by atoms with Crippen molar-refractivity contribution in [3.63, 3.8) is 0 Å². The van der Waals surface area contributed by atoms with Crippen LogP contribution in [0.5, 0.6) is 0 Å². The third-order valence-electron chi connectivity index (χ3n) is 5.30. The molecular weight excluding hydrogens is 342 g/mol. The fourth-order valence-electron chi connectivity index (χ4n) is 3.71. The second kappa shape index (κ2) is 7.85. The van der Waals surface area contributed by atoms with E-state index in [1.807, 2.05) is 30.3 Å². The van der Waals surface area contributed by atoms with Gasteiger partial charge in [-0.2, -0.15) is 0 Å². The highest BCUT2D eigenvalue weighted by molar-refractivity contribution is 6.13. The van der Waals surface area contributed by atoms with Crippen molar-refractivity contribution in [2.45, 2.75) is 33.2 Å². The summed E-state index contributed by atoms with van der Waals surface area (Å²) in [6.07, 6.45) is 5.86. The minimum atomic E-state index is 0.0351. The molecule has 1 aromatic heterocycles. The summed E-state index contributed by atoms with van der Waals surface area (Å²) in [6.45, 7) is 5.27. The van der Waals surface area contributed by atoms with Crippen LogP contribution in [0, 0.1) is 6.92 Å². The molecule has 0 atom stereocenters. The normalized spacial score (nSPS) is 11.6. The van der Waals surface area contributed by atoms with E-state index in [1.165, 1.54) is 22.0 Å². The van der Waals surface area contributed by atoms with Crippen molar-refractivity contribution in [1.29, 1.82) is 0 Å². The van der Waals surface area contributed by atoms with Gasteiger partial charge in [0.1, 0.15) is 0 Å². The third kappa shape index (κ3) is 3.50. The number of para-hydroxylation sites is 1. The lowest BCUT2D eigenvalue weighted by Crippen LogP contribution is -1.98. The number of ketones is 1. The van der Waals surface area contributed by atoms with Crippen LogP contribution < -0.4 is 0 Å². The number of aromatic nitrogens is 1. The molecule has 4 rings (SSSR count). The lowest BCUT2D eigenvalue weighted by molar-refractivity contribution is 0.104. The third-order valence-corrected chi connectivity index (χ3v) is 5.30. The van der Waals surface area contributed by atoms with Gasteiger partial charge in [-0.3, -0.25) is 4.79 Å². The Morgan fingerprint density at radius 2 is 1.68 bits per heavy atom. The summed E-state index contributed by atoms with van der Waals surface area (Å²) in [5, 5.41) is 2.37. The molecule has 0 saturated heterocycles. The Morgan fingerprint density at radius 1 is 0.929 bits per heavy atom. The number of nitrogens with zero attached hydrogens (tertiary/aromatic N) is 1. The molecule has 2 heteroatoms. The van der Waals surface area contributed by atoms with Crippen molar-refractivity contribution in [3.8, 4) is 0 Å². The molecule has 1 heterocycles. The van der Waals surface area contributed by atoms with Crippen LogP contribution in [0.1, 0.15) is 41.3 Å². The number of aryl methyl sites for hydroxylation is 2. The van der Waals surface area contributed by atoms with Gasteiger partial charge in [-0.25, -0.2) is 0 Å². The van der Waals surface area contributed by atoms with E-state index in [4.69, 9.17) is 0 Å². The van der Waals surface area contributed by atoms with Gasteiger partial charge in [0.25, 0.3) is 0 Å². The largest absolute Gasteiger partial charge is 0.340 e. The molecule has 0 unspecified atom stereocenters. The molecule has 0 aliphatic carbocycles. The van der Waals surface area contributed by atoms with E-state index < -0.39 is 0 Å². The lowest BCUT2D eigenvalue weighted by Gasteiger charge is -2.06. The standard InChI is InChI=1S/C26H25NO/c1-3-4-17-27-24-8-6-5-7-22(24)23-18-21(14-15-25(23)27)26(28)16-13-20-11-9-19(2)10-12-20/h5-16,18H,3-4,17H2,1-2H3/b16-13+. The number of fused-ring (bicyclic) bond motifs is 3. The Hall–Kier alpha value is -3.13. The number of hydrogen-bond acceptors (Lipinski definition) is 1. The maximum absolute atomic E-state index is 12.7. The summed E-state index contributed by atoms with van der Waals surface area (Å²) in [4.78, 5) is 12.7. The zero-order valence-electron chi connectivity index (χ0n) is 16.5. The summed E-state index contributed by atoms with van der Waals surface area (Å²) in [6, 6.07) is 22.7. The van der Waals surface area contributed by atoms with E-state index in [1.54, 1.807) is 6.08 Å². The van der Waals surface area contributed by atoms with Crippen molar-refractivity contribution in [2.24, 2.45) is 0 Å². The maximum Gasteiger partial charge on any atom is 0.185 e. The van der Waals surface area contributed by atoms with E-state index in [0.717, 1.165) is 35.9 Å². The lowest BCUT2D eigenvalue weighted by atomic mass is 10.0. The number of allylic oxidation sites excluding steroid dienone is 1. The molecule has 0 aliphatic rings. The highest BCUT2D eigenvalue weighted by Gasteiger charge is 2.12. The monoisotopic (exact) mass is 367 g/mol. The molecule has 0 fully saturated rings. The Balaban J connectivity index is 1.72. The van der Waals surface area contributed by atoms with Crippen LogP contribution in [0.15, 0.2) is 72.8 Å². The fraction of sp³-hybridized carbons (Fsp3) is 0.192. The number of carbonyl (C=O) groups is 1. The van der Waals surface area contributed by atoms with Gasteiger partial charge in [0.05, 0.1) is 0 Å². The van der Waals surface area contributed by atoms with Gasteiger partial charge in [-0.15, -0.1) is 0 Å². The zero-order chi connectivity index (χ0) is 19.5. The number of carbonyl (C=O) groups excluding carboxylic acids is 1. The number of benzene rings is 3. The van der Waals surface area contributed by atoms with Crippen LogP contribution in [0.2, 0.25) is 0 Å². The van der Waals surface area contributed by atoms with Crippen molar-refractivity contribution >= 4 is 33.7 Å². The second-order valence-corrected chi connectivity index (χ2v) is 7.36. The molecule has 0 amide bonds. The van der Waals surface area contributed by atoms with Crippen LogP contribution in [0.4, 0.5) is 0 Å². The van der Waals surface area contributed by atoms with Crippen LogP contribution in [-0.2, 0) is 6.54 Å². The highest BCUT2D eigenvalue weighted by atomic mass is 16.1. The van der Waals surface area contributed by atoms with Gasteiger partial charge in [0.2, 0.25) is 0 Å². The molecule has 28 heavy (non-hydrogen) atoms. The van der Waals surface area contributed by atoms with Crippen LogP contribution in [0.25, 0.3) is 27.9 Å². The number of unbranched alkanes of at least 4 members (excludes halogenated alkanes) is 1. The van der Waals surface area contributed by atoms with E-state index in [2.05, 4.69) is 60.9 Å². The van der Waals surface area contributed by atoms with Crippen molar-refractivity contribution < 1.29 is 4.79 Å². The molecule has 0 saturated carbocycles. The van der Waals surface area contributed by atoms with Crippen LogP contribution in [-0.4, -0.2) is 10.4 Å². The molecule has 0 N–H and O–H groups in total. The Morgan fingerprint density at radius 3 is 2.46 bits per heavy atom. The van der Waals surface area contributed by atoms with Crippen LogP contribution >= 0.6 is 0 Å². The first-order valence-electron chi connectivity index (χ1n) is 9.97. The summed E-state index contributed by atoms with van der Waals surface area (Å²) in [5.74, 6) is 0.0351. The summed E-state index contributed by atoms with van der Waals surface area (Å²) >= 11 is 0. The molecule has 0 radical (unpaired) electrons. The predicted octanol–water partition coefficient (Wildman–Crippen LogP) is 6.80. The Labute approximate surface area is 166 Å². The average molecular weight is 367 g/mol. The molecule has 0 spiro atoms. The number of rotatable bonds is 6. The first kappa shape index (κ1) is 18.2. The van der Waals surface area contributed by atoms with E-state index >= 15 is 0 Å². The van der Waals surface area contributed by atoms with Gasteiger partial charge >= 0.3 is 0 Å². The first-order chi connectivity index (χ1) is 13.7. The quantitative estimate of drug-likeness (QED) is 0.271. The van der Waals surface area contributed by atoms with Gasteiger partial charge in [0.15, 0.2) is 5.78 Å². The molecule has 0 aliphatic heterocycles. The Kier molecular flexibility index (Phi) is 5.12. The summed E-state index contributed by atoms with van der Waals surface area (Å²) < 4.78 is 2.38. The summed E-state index contributed by atoms with van der Waals surface area (Å²) in [5.41, 5.74) is 5.43. The molecular formula is C26H25NO. The highest BCUT2D eigenvalue weighted by Crippen LogP contribution is 2.30. The van der Waals surface area contributed by atoms with Crippen molar-refractivity contribution in [2.75, 3.05) is 0 Å². The van der Waals surface area contributed by atoms with Gasteiger partial charge in [-0.05, 0) is 49.2 Å². The van der Waals surface area contributed by atoms with Gasteiger partial charge in [0, 0.05) is 33.9 Å². The molecule has 3 aromatic carbocycles. The van der Waals surface area contributed by atoms with Crippen LogP contribution in [0.3, 0.4) is 0 Å². The molecule has 4 aromatic rings. The predicted molar refractivity (Wildman–Crippen MR) is 119 cm³/mol. The minimum Gasteiger partial charge on any atom is -0.340 e.